The Morgan fingerprint density at radius 3 is 2.81 bits per heavy atom. The van der Waals surface area contributed by atoms with Crippen molar-refractivity contribution in [2.45, 2.75) is 36.9 Å². The van der Waals surface area contributed by atoms with Gasteiger partial charge in [-0.1, -0.05) is 35.9 Å². The first kappa shape index (κ1) is 17.8. The van der Waals surface area contributed by atoms with Gasteiger partial charge in [-0.05, 0) is 43.0 Å². The zero-order chi connectivity index (χ0) is 19.2. The van der Waals surface area contributed by atoms with E-state index in [1.54, 1.807) is 18.2 Å². The lowest BCUT2D eigenvalue weighted by Gasteiger charge is -2.42. The van der Waals surface area contributed by atoms with E-state index in [0.717, 1.165) is 6.42 Å². The van der Waals surface area contributed by atoms with Gasteiger partial charge in [0.2, 0.25) is 11.7 Å². The molecule has 2 aliphatic rings. The minimum atomic E-state index is -1.07. The molecule has 1 aliphatic heterocycles. The van der Waals surface area contributed by atoms with Gasteiger partial charge in [0.15, 0.2) is 11.6 Å². The van der Waals surface area contributed by atoms with Crippen molar-refractivity contribution in [2.24, 2.45) is 10.7 Å². The average Bonchev–Trinajstić information content (AvgIpc) is 2.64. The molecule has 1 aliphatic carbocycles. The van der Waals surface area contributed by atoms with Crippen molar-refractivity contribution in [1.29, 1.82) is 0 Å². The molecular weight excluding hydrogens is 366 g/mol. The van der Waals surface area contributed by atoms with E-state index in [4.69, 9.17) is 32.8 Å². The van der Waals surface area contributed by atoms with Crippen molar-refractivity contribution in [3.63, 3.8) is 0 Å². The number of carbonyl (C=O) groups is 1. The van der Waals surface area contributed by atoms with Crippen LogP contribution in [0.4, 0.5) is 5.69 Å². The molecular formula is C20H20ClN3O3. The summed E-state index contributed by atoms with van der Waals surface area (Å²) in [6, 6.07) is 11.3. The smallest absolute Gasteiger partial charge is 0.207 e. The van der Waals surface area contributed by atoms with Crippen LogP contribution in [0, 0.1) is 0 Å². The second-order valence-corrected chi connectivity index (χ2v) is 7.36. The topological polar surface area (TPSA) is 111 Å². The second kappa shape index (κ2) is 6.55. The van der Waals surface area contributed by atoms with Gasteiger partial charge >= 0.3 is 0 Å². The molecule has 0 radical (unpaired) electrons. The lowest BCUT2D eigenvalue weighted by atomic mass is 9.73. The molecule has 2 aromatic carbocycles. The Bertz CT molecular complexity index is 946. The number of aromatic hydroxyl groups is 1. The highest BCUT2D eigenvalue weighted by Gasteiger charge is 2.52. The summed E-state index contributed by atoms with van der Waals surface area (Å²) < 4.78 is 5.87. The Morgan fingerprint density at radius 1 is 1.30 bits per heavy atom. The number of halogens is 1. The van der Waals surface area contributed by atoms with Gasteiger partial charge in [-0.3, -0.25) is 4.79 Å². The van der Waals surface area contributed by atoms with Crippen LogP contribution in [-0.4, -0.2) is 22.9 Å². The summed E-state index contributed by atoms with van der Waals surface area (Å²) in [5.74, 6) is 0.185. The Morgan fingerprint density at radius 2 is 2.07 bits per heavy atom. The number of Topliss-reactive ketones (excluding diaryl/α,β-unsaturated/α-hetero) is 1. The van der Waals surface area contributed by atoms with Crippen molar-refractivity contribution in [1.82, 2.24) is 0 Å². The monoisotopic (exact) mass is 385 g/mol. The van der Waals surface area contributed by atoms with E-state index < -0.39 is 17.7 Å². The molecule has 1 fully saturated rings. The number of phenols is 1. The van der Waals surface area contributed by atoms with Crippen LogP contribution in [0.15, 0.2) is 47.5 Å². The molecule has 27 heavy (non-hydrogen) atoms. The summed E-state index contributed by atoms with van der Waals surface area (Å²) >= 11 is 6.41. The van der Waals surface area contributed by atoms with E-state index in [0.29, 0.717) is 29.0 Å². The molecule has 0 amide bonds. The van der Waals surface area contributed by atoms with Crippen LogP contribution in [0.5, 0.6) is 5.75 Å². The van der Waals surface area contributed by atoms with Gasteiger partial charge in [0.1, 0.15) is 11.8 Å². The minimum Gasteiger partial charge on any atom is -0.506 e. The molecule has 5 N–H and O–H groups in total. The van der Waals surface area contributed by atoms with Crippen LogP contribution in [0.3, 0.4) is 0 Å². The van der Waals surface area contributed by atoms with Crippen molar-refractivity contribution in [3.8, 4) is 5.75 Å². The zero-order valence-electron chi connectivity index (χ0n) is 14.6. The predicted octanol–water partition coefficient (Wildman–Crippen LogP) is 3.07. The number of ether oxygens (including phenoxy) is 1. The van der Waals surface area contributed by atoms with Crippen LogP contribution in [0.2, 0.25) is 5.02 Å². The van der Waals surface area contributed by atoms with E-state index in [1.165, 1.54) is 6.07 Å². The third-order valence-electron chi connectivity index (χ3n) is 5.27. The van der Waals surface area contributed by atoms with Gasteiger partial charge in [-0.25, -0.2) is 4.99 Å². The third kappa shape index (κ3) is 2.85. The molecule has 1 heterocycles. The largest absolute Gasteiger partial charge is 0.506 e. The van der Waals surface area contributed by atoms with Gasteiger partial charge in [-0.15, -0.1) is 0 Å². The Kier molecular flexibility index (Phi) is 4.32. The number of carbonyl (C=O) groups excluding carboxylic acids is 1. The van der Waals surface area contributed by atoms with Crippen LogP contribution in [0.1, 0.15) is 36.4 Å². The fourth-order valence-corrected chi connectivity index (χ4v) is 4.12. The Labute approximate surface area is 161 Å². The standard InChI is InChI=1S/C20H20ClN3O3/c21-13-5-2-1-4-12(13)20-9-3-6-16(18(20)26)27-19(24-20)17(23)11-7-8-15(25)14(22)10-11/h1-2,4-5,7-8,10,16-17,25H,3,6,9,22-23H2/t16-,17?,20-/m0/s1. The number of hydrogen-bond acceptors (Lipinski definition) is 6. The highest BCUT2D eigenvalue weighted by molar-refractivity contribution is 6.32. The number of nitrogens with two attached hydrogens (primary N) is 2. The van der Waals surface area contributed by atoms with Crippen molar-refractivity contribution < 1.29 is 14.6 Å². The molecule has 140 valence electrons. The quantitative estimate of drug-likeness (QED) is 0.555. The van der Waals surface area contributed by atoms with Crippen molar-refractivity contribution in [3.05, 3.63) is 58.6 Å². The van der Waals surface area contributed by atoms with Crippen LogP contribution in [-0.2, 0) is 15.1 Å². The Hall–Kier alpha value is -2.57. The normalized spacial score (nSPS) is 25.5. The van der Waals surface area contributed by atoms with Gasteiger partial charge in [0, 0.05) is 10.6 Å². The third-order valence-corrected chi connectivity index (χ3v) is 5.59. The highest BCUT2D eigenvalue weighted by Crippen LogP contribution is 2.45. The molecule has 1 unspecified atom stereocenters. The number of benzene rings is 2. The van der Waals surface area contributed by atoms with Gasteiger partial charge in [0.05, 0.1) is 5.69 Å². The maximum Gasteiger partial charge on any atom is 0.207 e. The summed E-state index contributed by atoms with van der Waals surface area (Å²) in [6.07, 6.45) is 1.39. The van der Waals surface area contributed by atoms with Gasteiger partial charge in [0.25, 0.3) is 0 Å². The molecule has 4 rings (SSSR count). The SMILES string of the molecule is Nc1cc(C(N)C2=N[C@]3(c4ccccc4Cl)CCC[C@H](O2)C3=O)ccc1O. The fraction of sp³-hybridized carbons (Fsp3) is 0.300. The predicted molar refractivity (Wildman–Crippen MR) is 104 cm³/mol. The van der Waals surface area contributed by atoms with Crippen molar-refractivity contribution in [2.75, 3.05) is 5.73 Å². The molecule has 6 nitrogen and oxygen atoms in total. The lowest BCUT2D eigenvalue weighted by molar-refractivity contribution is -0.137. The van der Waals surface area contributed by atoms with E-state index in [1.807, 2.05) is 18.2 Å². The minimum absolute atomic E-state index is 0.0166. The molecule has 0 spiro atoms. The molecule has 3 atom stereocenters. The maximum atomic E-state index is 13.1. The molecule has 2 bridgehead atoms. The number of nitrogens with zero attached hydrogens (tertiary/aromatic N) is 1. The molecule has 2 aromatic rings. The van der Waals surface area contributed by atoms with Crippen molar-refractivity contribution >= 4 is 29.0 Å². The second-order valence-electron chi connectivity index (χ2n) is 6.95. The number of phenolic OH excluding ortho intramolecular Hbond substituents is 1. The van der Waals surface area contributed by atoms with E-state index in [2.05, 4.69) is 0 Å². The number of rotatable bonds is 3. The van der Waals surface area contributed by atoms with E-state index in [9.17, 15) is 9.90 Å². The van der Waals surface area contributed by atoms with Gasteiger partial charge < -0.3 is 21.3 Å². The summed E-state index contributed by atoms with van der Waals surface area (Å²) in [6.45, 7) is 0. The first-order chi connectivity index (χ1) is 12.9. The molecule has 1 saturated carbocycles. The van der Waals surface area contributed by atoms with Gasteiger partial charge in [-0.2, -0.15) is 0 Å². The number of aliphatic imine (C=N–C) groups is 1. The molecule has 7 heteroatoms. The Balaban J connectivity index is 1.82. The van der Waals surface area contributed by atoms with Crippen LogP contribution < -0.4 is 11.5 Å². The summed E-state index contributed by atoms with van der Waals surface area (Å²) in [5.41, 5.74) is 12.6. The molecule has 0 aromatic heterocycles. The van der Waals surface area contributed by atoms with Crippen LogP contribution >= 0.6 is 11.6 Å². The zero-order valence-corrected chi connectivity index (χ0v) is 15.3. The molecule has 0 saturated heterocycles. The highest BCUT2D eigenvalue weighted by atomic mass is 35.5. The average molecular weight is 386 g/mol. The fourth-order valence-electron chi connectivity index (χ4n) is 3.82. The number of anilines is 1. The number of fused-ring (bicyclic) bond motifs is 2. The number of nitrogen functional groups attached to an aromatic ring is 1. The lowest BCUT2D eigenvalue weighted by Crippen LogP contribution is -2.52. The van der Waals surface area contributed by atoms with Crippen LogP contribution in [0.25, 0.3) is 0 Å². The summed E-state index contributed by atoms with van der Waals surface area (Å²) in [7, 11) is 0. The first-order valence-corrected chi connectivity index (χ1v) is 9.20. The maximum absolute atomic E-state index is 13.1. The number of ketones is 1. The number of hydrogen-bond donors (Lipinski definition) is 3. The summed E-state index contributed by atoms with van der Waals surface area (Å²) in [4.78, 5) is 17.8. The first-order valence-electron chi connectivity index (χ1n) is 8.82. The van der Waals surface area contributed by atoms with E-state index >= 15 is 0 Å². The summed E-state index contributed by atoms with van der Waals surface area (Å²) in [5, 5.41) is 10.1. The van der Waals surface area contributed by atoms with E-state index in [-0.39, 0.29) is 23.1 Å².